The number of hydrogen-bond donors (Lipinski definition) is 1. The second kappa shape index (κ2) is 4.78. The minimum atomic E-state index is -0.953. The van der Waals surface area contributed by atoms with Gasteiger partial charge < -0.3 is 5.11 Å². The lowest BCUT2D eigenvalue weighted by Gasteiger charge is -2.21. The highest BCUT2D eigenvalue weighted by Gasteiger charge is 2.28. The molecular weight excluding hydrogens is 255 g/mol. The first-order valence-electron chi connectivity index (χ1n) is 4.44. The number of aliphatic hydroxyl groups is 1. The SMILES string of the molecule is [B]Cc1ncc(Br)cc1C(C)(C#N)CO. The van der Waals surface area contributed by atoms with Crippen molar-refractivity contribution in [2.75, 3.05) is 6.61 Å². The standard InChI is InChI=1S/C10H10BBrN2O/c1-10(5-13,6-15)8-2-7(12)4-14-9(8)3-11/h2,4,15H,3,6H2,1H3. The van der Waals surface area contributed by atoms with Crippen LogP contribution in [0.1, 0.15) is 18.2 Å². The van der Waals surface area contributed by atoms with Crippen molar-refractivity contribution in [3.05, 3.63) is 28.0 Å². The third-order valence-electron chi connectivity index (χ3n) is 2.29. The van der Waals surface area contributed by atoms with Gasteiger partial charge in [0.05, 0.1) is 20.5 Å². The van der Waals surface area contributed by atoms with Crippen LogP contribution in [0.2, 0.25) is 0 Å². The summed E-state index contributed by atoms with van der Waals surface area (Å²) in [5, 5.41) is 18.3. The van der Waals surface area contributed by atoms with Gasteiger partial charge in [-0.15, -0.1) is 0 Å². The maximum absolute atomic E-state index is 9.24. The van der Waals surface area contributed by atoms with Gasteiger partial charge in [-0.2, -0.15) is 5.26 Å². The second-order valence-electron chi connectivity index (χ2n) is 3.45. The second-order valence-corrected chi connectivity index (χ2v) is 4.37. The quantitative estimate of drug-likeness (QED) is 0.837. The molecule has 3 nitrogen and oxygen atoms in total. The Morgan fingerprint density at radius 1 is 1.73 bits per heavy atom. The Morgan fingerprint density at radius 2 is 2.40 bits per heavy atom. The molecule has 0 saturated carbocycles. The Labute approximate surface area is 98.7 Å². The van der Waals surface area contributed by atoms with Crippen molar-refractivity contribution in [2.24, 2.45) is 0 Å². The summed E-state index contributed by atoms with van der Waals surface area (Å²) in [6.45, 7) is 1.41. The normalized spacial score (nSPS) is 14.3. The predicted octanol–water partition coefficient (Wildman–Crippen LogP) is 1.29. The lowest BCUT2D eigenvalue weighted by molar-refractivity contribution is 0.239. The first-order valence-corrected chi connectivity index (χ1v) is 5.24. The van der Waals surface area contributed by atoms with Crippen molar-refractivity contribution in [1.29, 1.82) is 5.26 Å². The average Bonchev–Trinajstić information content (AvgIpc) is 2.28. The van der Waals surface area contributed by atoms with Crippen LogP contribution in [0.15, 0.2) is 16.7 Å². The number of halogens is 1. The molecule has 5 heteroatoms. The van der Waals surface area contributed by atoms with E-state index in [9.17, 15) is 5.11 Å². The highest BCUT2D eigenvalue weighted by atomic mass is 79.9. The van der Waals surface area contributed by atoms with E-state index in [1.165, 1.54) is 0 Å². The van der Waals surface area contributed by atoms with E-state index in [0.717, 1.165) is 4.47 Å². The molecule has 76 valence electrons. The lowest BCUT2D eigenvalue weighted by Crippen LogP contribution is -2.26. The zero-order chi connectivity index (χ0) is 11.5. The van der Waals surface area contributed by atoms with Gasteiger partial charge in [-0.1, -0.05) is 0 Å². The number of aliphatic hydroxyl groups excluding tert-OH is 1. The highest BCUT2D eigenvalue weighted by Crippen LogP contribution is 2.27. The first kappa shape index (κ1) is 12.2. The summed E-state index contributed by atoms with van der Waals surface area (Å²) in [7, 11) is 5.54. The molecule has 0 bridgehead atoms. The zero-order valence-electron chi connectivity index (χ0n) is 8.37. The van der Waals surface area contributed by atoms with E-state index in [1.807, 2.05) is 0 Å². The van der Waals surface area contributed by atoms with Gasteiger partial charge in [0.15, 0.2) is 0 Å². The molecule has 1 rings (SSSR count). The fraction of sp³-hybridized carbons (Fsp3) is 0.400. The molecule has 2 radical (unpaired) electrons. The summed E-state index contributed by atoms with van der Waals surface area (Å²) in [5.74, 6) is 0. The van der Waals surface area contributed by atoms with Crippen LogP contribution in [0.5, 0.6) is 0 Å². The molecule has 15 heavy (non-hydrogen) atoms. The third-order valence-corrected chi connectivity index (χ3v) is 2.72. The van der Waals surface area contributed by atoms with Crippen LogP contribution >= 0.6 is 15.9 Å². The van der Waals surface area contributed by atoms with E-state index < -0.39 is 5.41 Å². The van der Waals surface area contributed by atoms with E-state index in [4.69, 9.17) is 13.1 Å². The van der Waals surface area contributed by atoms with Crippen molar-refractivity contribution >= 4 is 23.8 Å². The zero-order valence-corrected chi connectivity index (χ0v) is 9.95. The highest BCUT2D eigenvalue weighted by molar-refractivity contribution is 9.10. The summed E-state index contributed by atoms with van der Waals surface area (Å²) < 4.78 is 0.768. The van der Waals surface area contributed by atoms with Gasteiger partial charge in [0.1, 0.15) is 5.41 Å². The van der Waals surface area contributed by atoms with Crippen molar-refractivity contribution < 1.29 is 5.11 Å². The van der Waals surface area contributed by atoms with Gasteiger partial charge in [-0.05, 0) is 40.8 Å². The molecule has 0 aliphatic rings. The minimum Gasteiger partial charge on any atom is -0.394 e. The summed E-state index contributed by atoms with van der Waals surface area (Å²) in [4.78, 5) is 4.12. The largest absolute Gasteiger partial charge is 0.394 e. The monoisotopic (exact) mass is 264 g/mol. The van der Waals surface area contributed by atoms with Crippen LogP contribution in [0.4, 0.5) is 0 Å². The maximum atomic E-state index is 9.24. The van der Waals surface area contributed by atoms with Crippen LogP contribution in [-0.2, 0) is 11.7 Å². The molecule has 1 heterocycles. The number of aromatic nitrogens is 1. The Hall–Kier alpha value is -0.855. The Balaban J connectivity index is 3.34. The molecule has 0 saturated heterocycles. The molecule has 1 atom stereocenters. The van der Waals surface area contributed by atoms with Gasteiger partial charge in [0, 0.05) is 16.4 Å². The van der Waals surface area contributed by atoms with Gasteiger partial charge in [0.2, 0.25) is 0 Å². The number of nitrogens with zero attached hydrogens (tertiary/aromatic N) is 2. The van der Waals surface area contributed by atoms with E-state index in [-0.39, 0.29) is 12.9 Å². The molecule has 0 aromatic carbocycles. The van der Waals surface area contributed by atoms with Gasteiger partial charge in [0.25, 0.3) is 0 Å². The van der Waals surface area contributed by atoms with E-state index in [1.54, 1.807) is 19.2 Å². The topological polar surface area (TPSA) is 56.9 Å². The van der Waals surface area contributed by atoms with E-state index >= 15 is 0 Å². The molecule has 0 aliphatic heterocycles. The fourth-order valence-corrected chi connectivity index (χ4v) is 1.62. The summed E-state index contributed by atoms with van der Waals surface area (Å²) in [5.41, 5.74) is 0.353. The van der Waals surface area contributed by atoms with Gasteiger partial charge >= 0.3 is 0 Å². The van der Waals surface area contributed by atoms with Crippen molar-refractivity contribution in [3.8, 4) is 6.07 Å². The molecule has 0 fully saturated rings. The Bertz CT molecular complexity index is 405. The molecule has 0 amide bonds. The van der Waals surface area contributed by atoms with Crippen LogP contribution in [-0.4, -0.2) is 24.5 Å². The molecule has 1 aromatic heterocycles. The number of hydrogen-bond acceptors (Lipinski definition) is 3. The smallest absolute Gasteiger partial charge is 0.104 e. The molecule has 0 aliphatic carbocycles. The maximum Gasteiger partial charge on any atom is 0.104 e. The predicted molar refractivity (Wildman–Crippen MR) is 61.4 cm³/mol. The van der Waals surface area contributed by atoms with Crippen LogP contribution in [0.25, 0.3) is 0 Å². The van der Waals surface area contributed by atoms with Crippen molar-refractivity contribution in [2.45, 2.75) is 18.7 Å². The number of pyridine rings is 1. The van der Waals surface area contributed by atoms with Crippen molar-refractivity contribution in [1.82, 2.24) is 4.98 Å². The number of nitriles is 1. The van der Waals surface area contributed by atoms with Crippen LogP contribution in [0.3, 0.4) is 0 Å². The molecule has 1 unspecified atom stereocenters. The van der Waals surface area contributed by atoms with Crippen molar-refractivity contribution in [3.63, 3.8) is 0 Å². The lowest BCUT2D eigenvalue weighted by atomic mass is 9.81. The number of rotatable bonds is 3. The summed E-state index contributed by atoms with van der Waals surface area (Å²) in [6.07, 6.45) is 1.88. The van der Waals surface area contributed by atoms with Gasteiger partial charge in [-0.25, -0.2) is 0 Å². The summed E-state index contributed by atoms with van der Waals surface area (Å²) in [6, 6.07) is 3.85. The molecule has 1 aromatic rings. The Kier molecular flexibility index (Phi) is 3.89. The van der Waals surface area contributed by atoms with Crippen LogP contribution in [0, 0.1) is 11.3 Å². The average molecular weight is 265 g/mol. The van der Waals surface area contributed by atoms with E-state index in [2.05, 4.69) is 27.0 Å². The fourth-order valence-electron chi connectivity index (χ4n) is 1.29. The third kappa shape index (κ3) is 2.39. The minimum absolute atomic E-state index is 0.250. The summed E-state index contributed by atoms with van der Waals surface area (Å²) >= 11 is 3.28. The van der Waals surface area contributed by atoms with Gasteiger partial charge in [-0.3, -0.25) is 4.98 Å². The molecular formula is C10H10BBrN2O. The Morgan fingerprint density at radius 3 is 2.87 bits per heavy atom. The van der Waals surface area contributed by atoms with Crippen LogP contribution < -0.4 is 0 Å². The van der Waals surface area contributed by atoms with E-state index in [0.29, 0.717) is 11.3 Å². The first-order chi connectivity index (χ1) is 7.07. The molecule has 0 spiro atoms. The molecule has 1 N–H and O–H groups in total.